The van der Waals surface area contributed by atoms with Gasteiger partial charge in [-0.1, -0.05) is 23.8 Å². The molecule has 0 amide bonds. The average Bonchev–Trinajstić information content (AvgIpc) is 2.63. The Hall–Kier alpha value is -2.60. The van der Waals surface area contributed by atoms with Crippen LogP contribution in [-0.4, -0.2) is 49.1 Å². The quantitative estimate of drug-likeness (QED) is 0.660. The number of nitrogens with two attached hydrogens (primary N) is 1. The number of aliphatic imine (C=N–C) groups is 1. The third-order valence-electron chi connectivity index (χ3n) is 4.41. The van der Waals surface area contributed by atoms with Crippen molar-refractivity contribution in [2.45, 2.75) is 13.5 Å². The lowest BCUT2D eigenvalue weighted by Gasteiger charge is -2.34. The number of benzene rings is 1. The van der Waals surface area contributed by atoms with E-state index in [1.165, 1.54) is 5.56 Å². The molecule has 1 aromatic heterocycles. The van der Waals surface area contributed by atoms with Crippen LogP contribution in [-0.2, 0) is 6.54 Å². The second-order valence-corrected chi connectivity index (χ2v) is 6.47. The molecule has 0 saturated carbocycles. The Labute approximate surface area is 149 Å². The van der Waals surface area contributed by atoms with Crippen LogP contribution >= 0.6 is 0 Å². The van der Waals surface area contributed by atoms with E-state index in [9.17, 15) is 0 Å². The van der Waals surface area contributed by atoms with Crippen LogP contribution in [0.3, 0.4) is 0 Å². The molecule has 0 bridgehead atoms. The van der Waals surface area contributed by atoms with Gasteiger partial charge in [-0.05, 0) is 32.2 Å². The number of hydrogen-bond acceptors (Lipinski definition) is 4. The highest BCUT2D eigenvalue weighted by molar-refractivity contribution is 5.92. The summed E-state index contributed by atoms with van der Waals surface area (Å²) < 4.78 is 0. The van der Waals surface area contributed by atoms with E-state index in [1.807, 2.05) is 36.5 Å². The molecule has 1 aromatic carbocycles. The lowest BCUT2D eigenvalue weighted by Crippen LogP contribution is -2.45. The SMILES string of the molecule is Cc1ccc(NC(N)=NCc2cccnc2N2CCN(C)CC2)cc1. The van der Waals surface area contributed by atoms with E-state index in [-0.39, 0.29) is 0 Å². The topological polar surface area (TPSA) is 69.8 Å². The van der Waals surface area contributed by atoms with Crippen LogP contribution in [0.5, 0.6) is 0 Å². The van der Waals surface area contributed by atoms with Crippen molar-refractivity contribution < 1.29 is 0 Å². The van der Waals surface area contributed by atoms with Gasteiger partial charge >= 0.3 is 0 Å². The molecule has 1 aliphatic heterocycles. The van der Waals surface area contributed by atoms with E-state index in [2.05, 4.69) is 45.1 Å². The molecule has 25 heavy (non-hydrogen) atoms. The second kappa shape index (κ2) is 7.98. The van der Waals surface area contributed by atoms with Crippen LogP contribution in [0.15, 0.2) is 47.6 Å². The summed E-state index contributed by atoms with van der Waals surface area (Å²) in [6.45, 7) is 6.65. The number of rotatable bonds is 4. The summed E-state index contributed by atoms with van der Waals surface area (Å²) in [5.74, 6) is 1.43. The van der Waals surface area contributed by atoms with Gasteiger partial charge in [-0.25, -0.2) is 9.98 Å². The van der Waals surface area contributed by atoms with E-state index in [1.54, 1.807) is 0 Å². The summed E-state index contributed by atoms with van der Waals surface area (Å²) in [5.41, 5.74) is 9.29. The summed E-state index contributed by atoms with van der Waals surface area (Å²) >= 11 is 0. The molecule has 6 nitrogen and oxygen atoms in total. The van der Waals surface area contributed by atoms with Gasteiger partial charge in [0.1, 0.15) is 5.82 Å². The number of hydrogen-bond donors (Lipinski definition) is 2. The standard InChI is InChI=1S/C19H26N6/c1-15-5-7-17(8-6-15)23-19(20)22-14-16-4-3-9-21-18(16)25-12-10-24(2)11-13-25/h3-9H,10-14H2,1-2H3,(H3,20,22,23). The van der Waals surface area contributed by atoms with Gasteiger partial charge in [-0.2, -0.15) is 0 Å². The number of aryl methyl sites for hydroxylation is 1. The number of piperazine rings is 1. The largest absolute Gasteiger partial charge is 0.370 e. The van der Waals surface area contributed by atoms with Crippen LogP contribution < -0.4 is 16.0 Å². The van der Waals surface area contributed by atoms with E-state index in [0.717, 1.165) is 43.2 Å². The first-order valence-corrected chi connectivity index (χ1v) is 8.63. The molecular weight excluding hydrogens is 312 g/mol. The number of anilines is 2. The summed E-state index contributed by atoms with van der Waals surface area (Å²) in [6.07, 6.45) is 1.84. The minimum absolute atomic E-state index is 0.414. The van der Waals surface area contributed by atoms with Gasteiger partial charge in [0.25, 0.3) is 0 Å². The zero-order chi connectivity index (χ0) is 17.6. The van der Waals surface area contributed by atoms with Crippen molar-refractivity contribution in [2.24, 2.45) is 10.7 Å². The monoisotopic (exact) mass is 338 g/mol. The number of guanidine groups is 1. The van der Waals surface area contributed by atoms with Crippen molar-refractivity contribution in [1.29, 1.82) is 0 Å². The molecule has 1 saturated heterocycles. The molecule has 6 heteroatoms. The van der Waals surface area contributed by atoms with Crippen LogP contribution in [0.2, 0.25) is 0 Å². The van der Waals surface area contributed by atoms with Gasteiger partial charge in [0, 0.05) is 43.6 Å². The van der Waals surface area contributed by atoms with Crippen LogP contribution in [0.4, 0.5) is 11.5 Å². The maximum absolute atomic E-state index is 6.04. The zero-order valence-electron chi connectivity index (χ0n) is 14.9. The van der Waals surface area contributed by atoms with Crippen molar-refractivity contribution >= 4 is 17.5 Å². The number of likely N-dealkylation sites (N-methyl/N-ethyl adjacent to an activating group) is 1. The fourth-order valence-electron chi connectivity index (χ4n) is 2.85. The van der Waals surface area contributed by atoms with E-state index in [4.69, 9.17) is 5.73 Å². The molecule has 2 heterocycles. The van der Waals surface area contributed by atoms with E-state index in [0.29, 0.717) is 12.5 Å². The molecule has 2 aromatic rings. The fraction of sp³-hybridized carbons (Fsp3) is 0.368. The highest BCUT2D eigenvalue weighted by Crippen LogP contribution is 2.19. The molecule has 0 aliphatic carbocycles. The fourth-order valence-corrected chi connectivity index (χ4v) is 2.85. The van der Waals surface area contributed by atoms with Crippen LogP contribution in [0, 0.1) is 6.92 Å². The molecule has 132 valence electrons. The highest BCUT2D eigenvalue weighted by atomic mass is 15.3. The van der Waals surface area contributed by atoms with E-state index >= 15 is 0 Å². The number of nitrogens with one attached hydrogen (secondary N) is 1. The molecule has 1 fully saturated rings. The Morgan fingerprint density at radius 3 is 2.60 bits per heavy atom. The summed E-state index contributed by atoms with van der Waals surface area (Å²) in [5, 5.41) is 3.13. The number of aromatic nitrogens is 1. The van der Waals surface area contributed by atoms with Crippen molar-refractivity contribution in [3.63, 3.8) is 0 Å². The van der Waals surface area contributed by atoms with Gasteiger partial charge in [0.05, 0.1) is 6.54 Å². The van der Waals surface area contributed by atoms with Gasteiger partial charge in [0.2, 0.25) is 0 Å². The molecule has 0 unspecified atom stereocenters. The van der Waals surface area contributed by atoms with Gasteiger partial charge in [-0.3, -0.25) is 0 Å². The summed E-state index contributed by atoms with van der Waals surface area (Å²) in [6, 6.07) is 12.1. The Kier molecular flexibility index (Phi) is 5.50. The normalized spacial score (nSPS) is 16.1. The van der Waals surface area contributed by atoms with Crippen molar-refractivity contribution in [1.82, 2.24) is 9.88 Å². The third kappa shape index (κ3) is 4.70. The summed E-state index contributed by atoms with van der Waals surface area (Å²) in [7, 11) is 2.15. The van der Waals surface area contributed by atoms with Crippen molar-refractivity contribution in [2.75, 3.05) is 43.4 Å². The maximum Gasteiger partial charge on any atom is 0.193 e. The molecule has 0 atom stereocenters. The molecule has 0 radical (unpaired) electrons. The third-order valence-corrected chi connectivity index (χ3v) is 4.41. The van der Waals surface area contributed by atoms with Crippen molar-refractivity contribution in [3.8, 4) is 0 Å². The van der Waals surface area contributed by atoms with Gasteiger partial charge < -0.3 is 20.9 Å². The minimum Gasteiger partial charge on any atom is -0.370 e. The van der Waals surface area contributed by atoms with Gasteiger partial charge in [-0.15, -0.1) is 0 Å². The molecule has 1 aliphatic rings. The number of pyridine rings is 1. The first-order chi connectivity index (χ1) is 12.1. The highest BCUT2D eigenvalue weighted by Gasteiger charge is 2.17. The molecule has 3 N–H and O–H groups in total. The zero-order valence-corrected chi connectivity index (χ0v) is 14.9. The first-order valence-electron chi connectivity index (χ1n) is 8.63. The maximum atomic E-state index is 6.04. The summed E-state index contributed by atoms with van der Waals surface area (Å²) in [4.78, 5) is 13.7. The van der Waals surface area contributed by atoms with Crippen LogP contribution in [0.1, 0.15) is 11.1 Å². The van der Waals surface area contributed by atoms with Crippen molar-refractivity contribution in [3.05, 3.63) is 53.7 Å². The Morgan fingerprint density at radius 1 is 1.16 bits per heavy atom. The lowest BCUT2D eigenvalue weighted by molar-refractivity contribution is 0.312. The number of nitrogens with zero attached hydrogens (tertiary/aromatic N) is 4. The predicted molar refractivity (Wildman–Crippen MR) is 104 cm³/mol. The Balaban J connectivity index is 1.67. The second-order valence-electron chi connectivity index (χ2n) is 6.47. The van der Waals surface area contributed by atoms with E-state index < -0.39 is 0 Å². The molecular formula is C19H26N6. The Bertz CT molecular complexity index is 717. The predicted octanol–water partition coefficient (Wildman–Crippen LogP) is 2.07. The molecule has 0 spiro atoms. The first kappa shape index (κ1) is 17.2. The van der Waals surface area contributed by atoms with Crippen LogP contribution in [0.25, 0.3) is 0 Å². The average molecular weight is 338 g/mol. The lowest BCUT2D eigenvalue weighted by atomic mass is 10.2. The Morgan fingerprint density at radius 2 is 1.88 bits per heavy atom. The smallest absolute Gasteiger partial charge is 0.193 e. The van der Waals surface area contributed by atoms with Gasteiger partial charge in [0.15, 0.2) is 5.96 Å². The minimum atomic E-state index is 0.414. The molecule has 3 rings (SSSR count).